The summed E-state index contributed by atoms with van der Waals surface area (Å²) in [6, 6.07) is 14.7. The molecule has 1 aromatic heterocycles. The van der Waals surface area contributed by atoms with Crippen molar-refractivity contribution in [2.45, 2.75) is 44.8 Å². The summed E-state index contributed by atoms with van der Waals surface area (Å²) < 4.78 is 5.15. The van der Waals surface area contributed by atoms with E-state index in [0.717, 1.165) is 27.8 Å². The minimum absolute atomic E-state index is 0.141. The molecule has 4 heterocycles. The molecule has 0 aliphatic carbocycles. The Balaban J connectivity index is 1.11. The minimum atomic E-state index is -0.651. The molecule has 1 fully saturated rings. The third-order valence-corrected chi connectivity index (χ3v) is 7.61. The molecule has 0 spiro atoms. The largest absolute Gasteiger partial charge is 0.470 e. The maximum Gasteiger partial charge on any atom is 0.255 e. The number of amides is 4. The van der Waals surface area contributed by atoms with Crippen molar-refractivity contribution in [1.29, 1.82) is 0 Å². The third kappa shape index (κ3) is 5.78. The Labute approximate surface area is 242 Å². The number of piperidine rings is 1. The van der Waals surface area contributed by atoms with E-state index in [1.807, 2.05) is 66.0 Å². The molecule has 3 aliphatic heterocycles. The average Bonchev–Trinajstić information content (AvgIpc) is 3.32. The van der Waals surface area contributed by atoms with Gasteiger partial charge in [-0.3, -0.25) is 29.5 Å². The Kier molecular flexibility index (Phi) is 7.50. The first-order valence-electron chi connectivity index (χ1n) is 13.8. The molecule has 212 valence electrons. The highest BCUT2D eigenvalue weighted by molar-refractivity contribution is 6.05. The van der Waals surface area contributed by atoms with Crippen LogP contribution in [0.3, 0.4) is 0 Å². The van der Waals surface area contributed by atoms with Crippen molar-refractivity contribution < 1.29 is 23.9 Å². The van der Waals surface area contributed by atoms with Crippen LogP contribution < -0.4 is 10.6 Å². The van der Waals surface area contributed by atoms with Crippen LogP contribution in [0.4, 0.5) is 5.69 Å². The van der Waals surface area contributed by atoms with Crippen LogP contribution in [0, 0.1) is 0 Å². The van der Waals surface area contributed by atoms with Crippen LogP contribution >= 0.6 is 0 Å². The Bertz CT molecular complexity index is 1600. The molecule has 2 N–H and O–H groups in total. The fraction of sp³-hybridized carbons (Fsp3) is 0.219. The number of aromatic nitrogens is 1. The number of carbonyl (C=O) groups is 4. The van der Waals surface area contributed by atoms with Gasteiger partial charge in [-0.25, -0.2) is 0 Å². The zero-order valence-corrected chi connectivity index (χ0v) is 22.8. The number of pyridine rings is 1. The van der Waals surface area contributed by atoms with Gasteiger partial charge in [-0.1, -0.05) is 24.3 Å². The predicted molar refractivity (Wildman–Crippen MR) is 154 cm³/mol. The first kappa shape index (κ1) is 26.9. The molecule has 1 atom stereocenters. The van der Waals surface area contributed by atoms with E-state index in [1.165, 1.54) is 4.90 Å². The molecule has 4 amide bonds. The molecule has 3 aliphatic rings. The first-order chi connectivity index (χ1) is 20.4. The van der Waals surface area contributed by atoms with Gasteiger partial charge >= 0.3 is 0 Å². The number of ether oxygens (including phenoxy) is 1. The number of rotatable bonds is 8. The Hall–Kier alpha value is -5.25. The summed E-state index contributed by atoms with van der Waals surface area (Å²) in [4.78, 5) is 57.6. The van der Waals surface area contributed by atoms with Crippen LogP contribution in [0.25, 0.3) is 11.1 Å². The molecule has 0 bridgehead atoms. The molecule has 3 aromatic rings. The summed E-state index contributed by atoms with van der Waals surface area (Å²) in [5.41, 5.74) is 5.93. The van der Waals surface area contributed by atoms with E-state index in [0.29, 0.717) is 37.2 Å². The molecule has 10 heteroatoms. The van der Waals surface area contributed by atoms with Crippen molar-refractivity contribution in [2.75, 3.05) is 5.32 Å². The molecule has 42 heavy (non-hydrogen) atoms. The van der Waals surface area contributed by atoms with E-state index in [-0.39, 0.29) is 30.6 Å². The number of anilines is 1. The number of aryl methyl sites for hydroxylation is 1. The summed E-state index contributed by atoms with van der Waals surface area (Å²) in [5.74, 6) is -1.11. The smallest absolute Gasteiger partial charge is 0.255 e. The van der Waals surface area contributed by atoms with Gasteiger partial charge in [0, 0.05) is 67.5 Å². The van der Waals surface area contributed by atoms with Crippen LogP contribution in [0.1, 0.15) is 46.3 Å². The number of imide groups is 1. The lowest BCUT2D eigenvalue weighted by molar-refractivity contribution is -0.137. The van der Waals surface area contributed by atoms with E-state index in [1.54, 1.807) is 24.8 Å². The van der Waals surface area contributed by atoms with Gasteiger partial charge in [-0.15, -0.1) is 0 Å². The zero-order valence-electron chi connectivity index (χ0n) is 22.8. The van der Waals surface area contributed by atoms with Crippen LogP contribution in [-0.4, -0.2) is 44.5 Å². The summed E-state index contributed by atoms with van der Waals surface area (Å²) in [7, 11) is 0. The van der Waals surface area contributed by atoms with Gasteiger partial charge in [0.2, 0.25) is 17.7 Å². The number of benzene rings is 2. The number of nitrogens with zero attached hydrogens (tertiary/aromatic N) is 3. The molecule has 1 unspecified atom stereocenters. The normalized spacial score (nSPS) is 17.6. The van der Waals surface area contributed by atoms with E-state index in [4.69, 9.17) is 4.74 Å². The average molecular weight is 564 g/mol. The van der Waals surface area contributed by atoms with Crippen molar-refractivity contribution in [2.24, 2.45) is 0 Å². The van der Waals surface area contributed by atoms with Crippen molar-refractivity contribution in [3.63, 3.8) is 0 Å². The monoisotopic (exact) mass is 563 g/mol. The van der Waals surface area contributed by atoms with Gasteiger partial charge in [0.1, 0.15) is 18.6 Å². The molecule has 0 radical (unpaired) electrons. The van der Waals surface area contributed by atoms with Crippen LogP contribution in [0.15, 0.2) is 85.8 Å². The summed E-state index contributed by atoms with van der Waals surface area (Å²) in [5, 5.41) is 5.33. The van der Waals surface area contributed by atoms with Gasteiger partial charge in [0.25, 0.3) is 5.91 Å². The Morgan fingerprint density at radius 2 is 1.90 bits per heavy atom. The van der Waals surface area contributed by atoms with Crippen molar-refractivity contribution in [3.05, 3.63) is 108 Å². The summed E-state index contributed by atoms with van der Waals surface area (Å²) >= 11 is 0. The van der Waals surface area contributed by atoms with Gasteiger partial charge < -0.3 is 19.9 Å². The molecule has 6 rings (SSSR count). The fourth-order valence-corrected chi connectivity index (χ4v) is 5.47. The highest BCUT2D eigenvalue weighted by Gasteiger charge is 2.39. The third-order valence-electron chi connectivity index (χ3n) is 7.61. The zero-order chi connectivity index (χ0) is 29.1. The second kappa shape index (κ2) is 11.7. The van der Waals surface area contributed by atoms with E-state index >= 15 is 0 Å². The highest BCUT2D eigenvalue weighted by Crippen LogP contribution is 2.30. The molecular formula is C32H29N5O5. The van der Waals surface area contributed by atoms with Crippen LogP contribution in [0.2, 0.25) is 0 Å². The maximum atomic E-state index is 13.1. The van der Waals surface area contributed by atoms with Crippen molar-refractivity contribution in [3.8, 4) is 11.1 Å². The maximum absolute atomic E-state index is 13.1. The molecular weight excluding hydrogens is 534 g/mol. The lowest BCUT2D eigenvalue weighted by atomic mass is 9.99. The number of carbonyl (C=O) groups excluding carboxylic acids is 4. The number of fused-ring (bicyclic) bond motifs is 1. The predicted octanol–water partition coefficient (Wildman–Crippen LogP) is 3.86. The quantitative estimate of drug-likeness (QED) is 0.400. The van der Waals surface area contributed by atoms with Crippen LogP contribution in [-0.2, 0) is 38.6 Å². The molecule has 10 nitrogen and oxygen atoms in total. The van der Waals surface area contributed by atoms with E-state index in [9.17, 15) is 19.2 Å². The van der Waals surface area contributed by atoms with E-state index < -0.39 is 11.9 Å². The van der Waals surface area contributed by atoms with Gasteiger partial charge in [-0.2, -0.15) is 0 Å². The molecule has 1 saturated heterocycles. The lowest BCUT2D eigenvalue weighted by Gasteiger charge is -2.29. The fourth-order valence-electron chi connectivity index (χ4n) is 5.47. The second-order valence-electron chi connectivity index (χ2n) is 10.4. The van der Waals surface area contributed by atoms with Crippen LogP contribution in [0.5, 0.6) is 0 Å². The van der Waals surface area contributed by atoms with Gasteiger partial charge in [0.15, 0.2) is 0 Å². The number of hydrogen-bond acceptors (Lipinski definition) is 7. The van der Waals surface area contributed by atoms with Gasteiger partial charge in [-0.05, 0) is 59.4 Å². The number of hydrogen-bond donors (Lipinski definition) is 2. The summed E-state index contributed by atoms with van der Waals surface area (Å²) in [6.07, 6.45) is 11.7. The number of nitrogens with one attached hydrogen (secondary N) is 2. The van der Waals surface area contributed by atoms with Crippen molar-refractivity contribution in [1.82, 2.24) is 20.1 Å². The standard InChI is InChI=1S/C32H29N5O5/c38-29(9-4-21-3-5-23-20-37(32(41)27(23)16-21)28-8-10-30(39)35-31(28)40)34-25-6-7-26(22-2-1-11-33-18-22)24(17-25)19-36-12-14-42-15-13-36/h1-3,5-7,11-18,28H,4,8-10,19-20H2,(H,34,38)(H,35,39,40). The van der Waals surface area contributed by atoms with Gasteiger partial charge in [0.05, 0.1) is 0 Å². The Morgan fingerprint density at radius 3 is 2.69 bits per heavy atom. The molecule has 2 aromatic carbocycles. The van der Waals surface area contributed by atoms with E-state index in [2.05, 4.69) is 15.6 Å². The minimum Gasteiger partial charge on any atom is -0.470 e. The highest BCUT2D eigenvalue weighted by atomic mass is 16.5. The lowest BCUT2D eigenvalue weighted by Crippen LogP contribution is -2.52. The topological polar surface area (TPSA) is 121 Å². The molecule has 0 saturated carbocycles. The van der Waals surface area contributed by atoms with Crippen molar-refractivity contribution >= 4 is 29.3 Å². The second-order valence-corrected chi connectivity index (χ2v) is 10.4. The Morgan fingerprint density at radius 1 is 1.05 bits per heavy atom. The SMILES string of the molecule is O=C1CCC(N2Cc3ccc(CCC(=O)Nc4ccc(-c5cccnc5)c(CN5C=COC=C5)c4)cc3C2=O)C(=O)N1. The first-order valence-corrected chi connectivity index (χ1v) is 13.8. The summed E-state index contributed by atoms with van der Waals surface area (Å²) in [6.45, 7) is 0.901.